The molecule has 134 valence electrons. The van der Waals surface area contributed by atoms with Gasteiger partial charge in [-0.1, -0.05) is 26.7 Å². The van der Waals surface area contributed by atoms with Crippen LogP contribution in [0.5, 0.6) is 0 Å². The lowest BCUT2D eigenvalue weighted by Gasteiger charge is -2.04. The van der Waals surface area contributed by atoms with E-state index >= 15 is 0 Å². The van der Waals surface area contributed by atoms with Gasteiger partial charge >= 0.3 is 17.9 Å². The second-order valence-electron chi connectivity index (χ2n) is 3.76. The van der Waals surface area contributed by atoms with E-state index in [9.17, 15) is 14.4 Å². The molecule has 0 fully saturated rings. The van der Waals surface area contributed by atoms with E-state index in [2.05, 4.69) is 19.7 Å². The van der Waals surface area contributed by atoms with E-state index in [1.165, 1.54) is 0 Å². The van der Waals surface area contributed by atoms with E-state index in [1.54, 1.807) is 0 Å². The van der Waals surface area contributed by atoms with Gasteiger partial charge in [0, 0.05) is 31.4 Å². The van der Waals surface area contributed by atoms with Gasteiger partial charge < -0.3 is 25.5 Å². The summed E-state index contributed by atoms with van der Waals surface area (Å²) in [5, 5.41) is 39.6. The van der Waals surface area contributed by atoms with Gasteiger partial charge in [0.05, 0.1) is 0 Å². The predicted molar refractivity (Wildman–Crippen MR) is 86.1 cm³/mol. The number of hydrogen-bond donors (Lipinski definition) is 5. The van der Waals surface area contributed by atoms with Crippen molar-refractivity contribution in [1.82, 2.24) is 0 Å². The van der Waals surface area contributed by atoms with Gasteiger partial charge in [0.1, 0.15) is 0 Å². The first-order chi connectivity index (χ1) is 10.6. The fourth-order valence-corrected chi connectivity index (χ4v) is 0.585. The maximum Gasteiger partial charge on any atom is 0.327 e. The average molecular weight is 334 g/mol. The van der Waals surface area contributed by atoms with Crippen molar-refractivity contribution in [2.24, 2.45) is 5.92 Å². The Morgan fingerprint density at radius 3 is 1.04 bits per heavy atom. The molecule has 0 aromatic rings. The first-order valence-corrected chi connectivity index (χ1v) is 6.40. The lowest BCUT2D eigenvalue weighted by atomic mass is 10.1. The lowest BCUT2D eigenvalue weighted by Crippen LogP contribution is -1.99. The van der Waals surface area contributed by atoms with Gasteiger partial charge in [0.15, 0.2) is 0 Å². The molecule has 23 heavy (non-hydrogen) atoms. The number of rotatable bonds is 7. The van der Waals surface area contributed by atoms with E-state index in [4.69, 9.17) is 25.5 Å². The minimum absolute atomic E-state index is 0.237. The summed E-state index contributed by atoms with van der Waals surface area (Å²) in [6.45, 7) is 11.4. The number of aliphatic hydroxyl groups is 2. The Morgan fingerprint density at radius 2 is 0.957 bits per heavy atom. The molecule has 0 bridgehead atoms. The largest absolute Gasteiger partial charge is 0.478 e. The zero-order chi connectivity index (χ0) is 19.3. The van der Waals surface area contributed by atoms with Gasteiger partial charge in [-0.25, -0.2) is 14.4 Å². The topological polar surface area (TPSA) is 152 Å². The Hall–Kier alpha value is -2.45. The smallest absolute Gasteiger partial charge is 0.327 e. The summed E-state index contributed by atoms with van der Waals surface area (Å²) in [5.41, 5.74) is 0. The molecule has 0 rings (SSSR count). The van der Waals surface area contributed by atoms with Crippen LogP contribution in [0.25, 0.3) is 0 Å². The third-order valence-corrected chi connectivity index (χ3v) is 1.77. The normalized spacial score (nSPS) is 7.83. The van der Waals surface area contributed by atoms with E-state index < -0.39 is 17.9 Å². The highest BCUT2D eigenvalue weighted by atomic mass is 16.4. The molecule has 5 N–H and O–H groups in total. The van der Waals surface area contributed by atoms with Crippen LogP contribution in [0.15, 0.2) is 38.0 Å². The minimum Gasteiger partial charge on any atom is -0.478 e. The van der Waals surface area contributed by atoms with Crippen molar-refractivity contribution in [3.8, 4) is 0 Å². The zero-order valence-corrected chi connectivity index (χ0v) is 13.2. The average Bonchev–Trinajstić information content (AvgIpc) is 2.49. The van der Waals surface area contributed by atoms with Crippen molar-refractivity contribution in [3.05, 3.63) is 38.0 Å². The minimum atomic E-state index is -0.981. The molecule has 0 atom stereocenters. The van der Waals surface area contributed by atoms with Gasteiger partial charge in [-0.15, -0.1) is 0 Å². The first kappa shape index (κ1) is 28.7. The van der Waals surface area contributed by atoms with Gasteiger partial charge in [0.25, 0.3) is 0 Å². The molecule has 0 amide bonds. The fraction of sp³-hybridized carbons (Fsp3) is 0.400. The molecule has 8 heteroatoms. The quantitative estimate of drug-likeness (QED) is 0.435. The van der Waals surface area contributed by atoms with Crippen LogP contribution >= 0.6 is 0 Å². The lowest BCUT2D eigenvalue weighted by molar-refractivity contribution is -0.132. The second kappa shape index (κ2) is 24.6. The second-order valence-corrected chi connectivity index (χ2v) is 3.76. The summed E-state index contributed by atoms with van der Waals surface area (Å²) in [6.07, 6.45) is 4.11. The first-order valence-electron chi connectivity index (χ1n) is 6.40. The molecule has 0 aromatic heterocycles. The predicted octanol–water partition coefficient (Wildman–Crippen LogP) is 1.16. The summed E-state index contributed by atoms with van der Waals surface area (Å²) in [5.74, 6) is -2.48. The summed E-state index contributed by atoms with van der Waals surface area (Å²) in [7, 11) is 0. The number of hydrogen-bond acceptors (Lipinski definition) is 5. The van der Waals surface area contributed by atoms with Crippen molar-refractivity contribution in [2.45, 2.75) is 19.8 Å². The van der Waals surface area contributed by atoms with E-state index in [-0.39, 0.29) is 13.2 Å². The molecule has 8 nitrogen and oxygen atoms in total. The summed E-state index contributed by atoms with van der Waals surface area (Å²) in [4.78, 5) is 27.8. The highest BCUT2D eigenvalue weighted by Gasteiger charge is 1.97. The number of carboxylic acids is 3. The number of carboxylic acid groups (broad SMARTS) is 3. The van der Waals surface area contributed by atoms with Crippen LogP contribution in [-0.4, -0.2) is 56.7 Å². The number of carbonyl (C=O) groups is 3. The van der Waals surface area contributed by atoms with Crippen LogP contribution in [0, 0.1) is 5.92 Å². The Morgan fingerprint density at radius 1 is 0.783 bits per heavy atom. The fourth-order valence-electron chi connectivity index (χ4n) is 0.585. The van der Waals surface area contributed by atoms with Crippen molar-refractivity contribution < 1.29 is 39.9 Å². The van der Waals surface area contributed by atoms with Crippen molar-refractivity contribution >= 4 is 17.9 Å². The molecule has 0 aromatic carbocycles. The maximum absolute atomic E-state index is 9.25. The molecule has 0 aliphatic rings. The highest BCUT2D eigenvalue weighted by molar-refractivity contribution is 5.79. The van der Waals surface area contributed by atoms with E-state index in [0.29, 0.717) is 5.92 Å². The number of aliphatic carboxylic acids is 3. The molecular formula is C15H26O8. The highest BCUT2D eigenvalue weighted by Crippen LogP contribution is 2.03. The van der Waals surface area contributed by atoms with E-state index in [0.717, 1.165) is 31.1 Å². The van der Waals surface area contributed by atoms with Gasteiger partial charge in [-0.3, -0.25) is 0 Å². The van der Waals surface area contributed by atoms with Crippen LogP contribution in [0.3, 0.4) is 0 Å². The SMILES string of the molecule is C=CC(=O)O.C=CC(=O)O.C=CC(=O)O.CC(CCO)CCO. The van der Waals surface area contributed by atoms with Crippen LogP contribution in [0.2, 0.25) is 0 Å². The summed E-state index contributed by atoms with van der Waals surface area (Å²) < 4.78 is 0. The molecule has 0 saturated carbocycles. The third-order valence-electron chi connectivity index (χ3n) is 1.77. The van der Waals surface area contributed by atoms with Crippen LogP contribution in [0.1, 0.15) is 19.8 Å². The standard InChI is InChI=1S/C6H14O2.3C3H4O2/c1-6(2-4-7)3-5-8;3*1-2-3(4)5/h6-8H,2-5H2,1H3;3*2H,1H2,(H,4,5). The van der Waals surface area contributed by atoms with Gasteiger partial charge in [0.2, 0.25) is 0 Å². The Bertz CT molecular complexity index is 301. The molecular weight excluding hydrogens is 308 g/mol. The molecule has 0 saturated heterocycles. The molecule has 0 radical (unpaired) electrons. The number of aliphatic hydroxyl groups excluding tert-OH is 2. The van der Waals surface area contributed by atoms with E-state index in [1.807, 2.05) is 6.92 Å². The molecule has 0 heterocycles. The molecule has 0 aliphatic carbocycles. The Balaban J connectivity index is -0.000000108. The maximum atomic E-state index is 9.25. The van der Waals surface area contributed by atoms with Crippen LogP contribution in [0.4, 0.5) is 0 Å². The summed E-state index contributed by atoms with van der Waals surface area (Å²) in [6, 6.07) is 0. The summed E-state index contributed by atoms with van der Waals surface area (Å²) >= 11 is 0. The molecule has 0 aliphatic heterocycles. The van der Waals surface area contributed by atoms with Crippen LogP contribution < -0.4 is 0 Å². The van der Waals surface area contributed by atoms with Gasteiger partial charge in [-0.2, -0.15) is 0 Å². The molecule has 0 unspecified atom stereocenters. The molecule has 0 spiro atoms. The Labute approximate surface area is 135 Å². The van der Waals surface area contributed by atoms with Crippen LogP contribution in [-0.2, 0) is 14.4 Å². The van der Waals surface area contributed by atoms with Crippen molar-refractivity contribution in [3.63, 3.8) is 0 Å². The van der Waals surface area contributed by atoms with Crippen molar-refractivity contribution in [2.75, 3.05) is 13.2 Å². The zero-order valence-electron chi connectivity index (χ0n) is 13.2. The van der Waals surface area contributed by atoms with Gasteiger partial charge in [-0.05, 0) is 18.8 Å². The third kappa shape index (κ3) is 66.0. The Kier molecular flexibility index (Phi) is 30.6. The monoisotopic (exact) mass is 334 g/mol. The van der Waals surface area contributed by atoms with Crippen molar-refractivity contribution in [1.29, 1.82) is 0 Å².